The summed E-state index contributed by atoms with van der Waals surface area (Å²) in [5.74, 6) is -0.0370. The lowest BCUT2D eigenvalue weighted by Gasteiger charge is -2.19. The summed E-state index contributed by atoms with van der Waals surface area (Å²) in [5.41, 5.74) is 3.61. The SMILES string of the molecule is CCC(=N)NCCC[C@H](NC(=O)c1ccc(-c2ccccc2)cc1)C(=O)NCc1ccccc1. The van der Waals surface area contributed by atoms with Gasteiger partial charge in [-0.15, -0.1) is 0 Å². The van der Waals surface area contributed by atoms with Crippen molar-refractivity contribution < 1.29 is 9.59 Å². The highest BCUT2D eigenvalue weighted by Crippen LogP contribution is 2.19. The van der Waals surface area contributed by atoms with Gasteiger partial charge in [0.2, 0.25) is 5.91 Å². The lowest BCUT2D eigenvalue weighted by Crippen LogP contribution is -2.46. The highest BCUT2D eigenvalue weighted by Gasteiger charge is 2.21. The summed E-state index contributed by atoms with van der Waals surface area (Å²) in [6, 6.07) is 26.4. The second-order valence-electron chi connectivity index (χ2n) is 8.07. The molecule has 0 aliphatic heterocycles. The van der Waals surface area contributed by atoms with Crippen LogP contribution in [0.15, 0.2) is 84.9 Å². The van der Waals surface area contributed by atoms with Gasteiger partial charge in [-0.3, -0.25) is 15.0 Å². The van der Waals surface area contributed by atoms with Gasteiger partial charge in [-0.25, -0.2) is 0 Å². The Labute approximate surface area is 201 Å². The standard InChI is InChI=1S/C28H32N4O2/c1-2-26(29)30-19-9-14-25(28(34)31-20-21-10-5-3-6-11-21)32-27(33)24-17-15-23(16-18-24)22-12-7-4-8-13-22/h3-8,10-13,15-18,25H,2,9,14,19-20H2,1H3,(H2,29,30)(H,31,34)(H,32,33)/t25-/m0/s1. The fourth-order valence-electron chi connectivity index (χ4n) is 3.53. The number of amides is 2. The number of nitrogens with one attached hydrogen (secondary N) is 4. The van der Waals surface area contributed by atoms with E-state index in [9.17, 15) is 9.59 Å². The molecular weight excluding hydrogens is 424 g/mol. The number of amidine groups is 1. The van der Waals surface area contributed by atoms with Crippen LogP contribution in [0.25, 0.3) is 11.1 Å². The fourth-order valence-corrected chi connectivity index (χ4v) is 3.53. The molecule has 0 unspecified atom stereocenters. The molecule has 6 nitrogen and oxygen atoms in total. The average Bonchev–Trinajstić information content (AvgIpc) is 2.89. The molecule has 3 aromatic rings. The minimum atomic E-state index is -0.664. The normalized spacial score (nSPS) is 11.3. The second-order valence-corrected chi connectivity index (χ2v) is 8.07. The van der Waals surface area contributed by atoms with Gasteiger partial charge in [0.05, 0.1) is 5.84 Å². The van der Waals surface area contributed by atoms with Crippen molar-refractivity contribution in [1.82, 2.24) is 16.0 Å². The Hall–Kier alpha value is -3.93. The Morgan fingerprint density at radius 2 is 1.44 bits per heavy atom. The van der Waals surface area contributed by atoms with Crippen LogP contribution in [0.2, 0.25) is 0 Å². The molecule has 0 saturated heterocycles. The van der Waals surface area contributed by atoms with Crippen molar-refractivity contribution in [1.29, 1.82) is 5.41 Å². The molecule has 6 heteroatoms. The van der Waals surface area contributed by atoms with Gasteiger partial charge in [0.25, 0.3) is 5.91 Å². The third-order valence-electron chi connectivity index (χ3n) is 5.55. The molecule has 2 amide bonds. The Kier molecular flexibility index (Phi) is 9.40. The number of carbonyl (C=O) groups is 2. The van der Waals surface area contributed by atoms with Gasteiger partial charge in [0, 0.05) is 25.1 Å². The van der Waals surface area contributed by atoms with E-state index in [2.05, 4.69) is 16.0 Å². The highest BCUT2D eigenvalue weighted by molar-refractivity contribution is 5.97. The molecule has 3 rings (SSSR count). The molecule has 34 heavy (non-hydrogen) atoms. The van der Waals surface area contributed by atoms with E-state index in [1.54, 1.807) is 12.1 Å². The zero-order chi connectivity index (χ0) is 24.2. The minimum absolute atomic E-state index is 0.219. The van der Waals surface area contributed by atoms with Crippen LogP contribution >= 0.6 is 0 Å². The summed E-state index contributed by atoms with van der Waals surface area (Å²) >= 11 is 0. The summed E-state index contributed by atoms with van der Waals surface area (Å²) in [6.07, 6.45) is 1.76. The van der Waals surface area contributed by atoms with Crippen molar-refractivity contribution >= 4 is 17.6 Å². The molecule has 0 bridgehead atoms. The van der Waals surface area contributed by atoms with E-state index in [4.69, 9.17) is 5.41 Å². The third kappa shape index (κ3) is 7.59. The Morgan fingerprint density at radius 1 is 0.824 bits per heavy atom. The van der Waals surface area contributed by atoms with Gasteiger partial charge in [-0.05, 0) is 41.7 Å². The molecule has 0 aliphatic carbocycles. The van der Waals surface area contributed by atoms with Gasteiger partial charge in [0.1, 0.15) is 6.04 Å². The van der Waals surface area contributed by atoms with Gasteiger partial charge < -0.3 is 16.0 Å². The Balaban J connectivity index is 1.63. The quantitative estimate of drug-likeness (QED) is 0.194. The topological polar surface area (TPSA) is 94.1 Å². The Bertz CT molecular complexity index is 1070. The van der Waals surface area contributed by atoms with Crippen LogP contribution < -0.4 is 16.0 Å². The van der Waals surface area contributed by atoms with Crippen LogP contribution in [0.4, 0.5) is 0 Å². The van der Waals surface area contributed by atoms with E-state index in [0.717, 1.165) is 16.7 Å². The molecule has 0 aliphatic rings. The number of benzene rings is 3. The fraction of sp³-hybridized carbons (Fsp3) is 0.250. The first-order valence-corrected chi connectivity index (χ1v) is 11.7. The molecule has 176 valence electrons. The van der Waals surface area contributed by atoms with Gasteiger partial charge in [0.15, 0.2) is 0 Å². The molecule has 0 fully saturated rings. The first-order valence-electron chi connectivity index (χ1n) is 11.7. The van der Waals surface area contributed by atoms with Gasteiger partial charge in [-0.2, -0.15) is 0 Å². The zero-order valence-corrected chi connectivity index (χ0v) is 19.5. The van der Waals surface area contributed by atoms with Crippen LogP contribution in [-0.2, 0) is 11.3 Å². The van der Waals surface area contributed by atoms with Crippen molar-refractivity contribution in [2.45, 2.75) is 38.8 Å². The number of hydrogen-bond donors (Lipinski definition) is 4. The van der Waals surface area contributed by atoms with Crippen molar-refractivity contribution in [3.63, 3.8) is 0 Å². The summed E-state index contributed by atoms with van der Waals surface area (Å²) in [6.45, 7) is 2.89. The molecule has 4 N–H and O–H groups in total. The lowest BCUT2D eigenvalue weighted by atomic mass is 10.0. The zero-order valence-electron chi connectivity index (χ0n) is 19.5. The van der Waals surface area contributed by atoms with Crippen LogP contribution in [0, 0.1) is 5.41 Å². The number of rotatable bonds is 11. The van der Waals surface area contributed by atoms with Crippen molar-refractivity contribution in [2.24, 2.45) is 0 Å². The van der Waals surface area contributed by atoms with Crippen LogP contribution in [0.5, 0.6) is 0 Å². The number of carbonyl (C=O) groups excluding carboxylic acids is 2. The Morgan fingerprint density at radius 3 is 2.09 bits per heavy atom. The van der Waals surface area contributed by atoms with Crippen molar-refractivity contribution in [2.75, 3.05) is 6.54 Å². The predicted molar refractivity (Wildman–Crippen MR) is 137 cm³/mol. The van der Waals surface area contributed by atoms with Crippen LogP contribution in [0.1, 0.15) is 42.1 Å². The molecule has 0 aromatic heterocycles. The van der Waals surface area contributed by atoms with E-state index in [1.165, 1.54) is 0 Å². The summed E-state index contributed by atoms with van der Waals surface area (Å²) in [4.78, 5) is 25.8. The maximum Gasteiger partial charge on any atom is 0.251 e. The molecule has 3 aromatic carbocycles. The van der Waals surface area contributed by atoms with Gasteiger partial charge in [-0.1, -0.05) is 79.7 Å². The summed E-state index contributed by atoms with van der Waals surface area (Å²) in [7, 11) is 0. The van der Waals surface area contributed by atoms with Crippen LogP contribution in [0.3, 0.4) is 0 Å². The van der Waals surface area contributed by atoms with E-state index < -0.39 is 6.04 Å². The molecule has 0 saturated carbocycles. The van der Waals surface area contributed by atoms with Crippen molar-refractivity contribution in [3.05, 3.63) is 96.1 Å². The lowest BCUT2D eigenvalue weighted by molar-refractivity contribution is -0.123. The molecule has 0 radical (unpaired) electrons. The van der Waals surface area contributed by atoms with E-state index in [1.807, 2.05) is 79.7 Å². The largest absolute Gasteiger partial charge is 0.374 e. The smallest absolute Gasteiger partial charge is 0.251 e. The summed E-state index contributed by atoms with van der Waals surface area (Å²) in [5, 5.41) is 16.6. The summed E-state index contributed by atoms with van der Waals surface area (Å²) < 4.78 is 0. The maximum atomic E-state index is 12.9. The van der Waals surface area contributed by atoms with E-state index >= 15 is 0 Å². The number of hydrogen-bond acceptors (Lipinski definition) is 3. The monoisotopic (exact) mass is 456 g/mol. The van der Waals surface area contributed by atoms with Gasteiger partial charge >= 0.3 is 0 Å². The van der Waals surface area contributed by atoms with E-state index in [0.29, 0.717) is 43.8 Å². The minimum Gasteiger partial charge on any atom is -0.374 e. The maximum absolute atomic E-state index is 12.9. The van der Waals surface area contributed by atoms with Crippen molar-refractivity contribution in [3.8, 4) is 11.1 Å². The highest BCUT2D eigenvalue weighted by atomic mass is 16.2. The predicted octanol–water partition coefficient (Wildman–Crippen LogP) is 4.53. The second kappa shape index (κ2) is 12.9. The molecule has 0 heterocycles. The average molecular weight is 457 g/mol. The molecule has 0 spiro atoms. The first kappa shape index (κ1) is 24.7. The third-order valence-corrected chi connectivity index (χ3v) is 5.55. The van der Waals surface area contributed by atoms with Crippen LogP contribution in [-0.4, -0.2) is 30.2 Å². The molecular formula is C28H32N4O2. The molecule has 1 atom stereocenters. The van der Waals surface area contributed by atoms with E-state index in [-0.39, 0.29) is 11.8 Å². The first-order chi connectivity index (χ1) is 16.6.